The van der Waals surface area contributed by atoms with Crippen molar-refractivity contribution in [2.45, 2.75) is 18.3 Å². The predicted molar refractivity (Wildman–Crippen MR) is 82.0 cm³/mol. The Hall–Kier alpha value is -1.38. The van der Waals surface area contributed by atoms with Gasteiger partial charge in [0.2, 0.25) is 0 Å². The molecule has 1 heterocycles. The van der Waals surface area contributed by atoms with E-state index in [1.54, 1.807) is 0 Å². The maximum absolute atomic E-state index is 5.69. The van der Waals surface area contributed by atoms with Crippen LogP contribution in [0.15, 0.2) is 42.5 Å². The molecule has 0 aromatic heterocycles. The lowest BCUT2D eigenvalue weighted by Crippen LogP contribution is -2.56. The molecule has 2 aromatic rings. The van der Waals surface area contributed by atoms with Crippen LogP contribution in [-0.2, 0) is 10.2 Å². The Morgan fingerprint density at radius 1 is 1.05 bits per heavy atom. The molecule has 2 aromatic carbocycles. The van der Waals surface area contributed by atoms with Crippen LogP contribution in [-0.4, -0.2) is 26.8 Å². The highest BCUT2D eigenvalue weighted by molar-refractivity contribution is 5.87. The summed E-state index contributed by atoms with van der Waals surface area (Å²) in [6.07, 6.45) is 2.64. The van der Waals surface area contributed by atoms with Gasteiger partial charge in [0, 0.05) is 12.0 Å². The maximum atomic E-state index is 5.69. The largest absolute Gasteiger partial charge is 0.379 e. The summed E-state index contributed by atoms with van der Waals surface area (Å²) in [5, 5.41) is 6.15. The predicted octanol–water partition coefficient (Wildman–Crippen LogP) is 3.11. The molecular formula is C18H21NO. The van der Waals surface area contributed by atoms with Crippen molar-refractivity contribution in [3.8, 4) is 0 Å². The fourth-order valence-electron chi connectivity index (χ4n) is 4.01. The third-order valence-corrected chi connectivity index (χ3v) is 5.39. The van der Waals surface area contributed by atoms with Gasteiger partial charge in [-0.2, -0.15) is 0 Å². The summed E-state index contributed by atoms with van der Waals surface area (Å²) >= 11 is 0. The Balaban J connectivity index is 1.89. The molecule has 4 rings (SSSR count). The Bertz CT molecular complexity index is 635. The van der Waals surface area contributed by atoms with Crippen molar-refractivity contribution in [2.75, 3.05) is 26.8 Å². The molecule has 1 N–H and O–H groups in total. The third kappa shape index (κ3) is 1.52. The highest BCUT2D eigenvalue weighted by Crippen LogP contribution is 2.62. The average molecular weight is 267 g/mol. The summed E-state index contributed by atoms with van der Waals surface area (Å²) in [6.45, 7) is 2.85. The normalized spacial score (nSPS) is 22.4. The van der Waals surface area contributed by atoms with E-state index in [0.29, 0.717) is 5.41 Å². The Morgan fingerprint density at radius 3 is 2.45 bits per heavy atom. The van der Waals surface area contributed by atoms with E-state index >= 15 is 0 Å². The second-order valence-corrected chi connectivity index (χ2v) is 6.41. The SMILES string of the molecule is CNCC1(C2(c3cccc4ccccc34)COC2)CC1. The van der Waals surface area contributed by atoms with Gasteiger partial charge < -0.3 is 10.1 Å². The van der Waals surface area contributed by atoms with Gasteiger partial charge in [0.1, 0.15) is 0 Å². The minimum Gasteiger partial charge on any atom is -0.379 e. The third-order valence-electron chi connectivity index (χ3n) is 5.39. The van der Waals surface area contributed by atoms with Gasteiger partial charge in [0.15, 0.2) is 0 Å². The first-order chi connectivity index (χ1) is 9.81. The van der Waals surface area contributed by atoms with E-state index in [0.717, 1.165) is 19.8 Å². The molecule has 2 nitrogen and oxygen atoms in total. The van der Waals surface area contributed by atoms with Gasteiger partial charge in [0.25, 0.3) is 0 Å². The first kappa shape index (κ1) is 12.4. The number of hydrogen-bond donors (Lipinski definition) is 1. The number of rotatable bonds is 4. The van der Waals surface area contributed by atoms with Gasteiger partial charge >= 0.3 is 0 Å². The van der Waals surface area contributed by atoms with Gasteiger partial charge in [-0.3, -0.25) is 0 Å². The number of hydrogen-bond acceptors (Lipinski definition) is 2. The number of ether oxygens (including phenoxy) is 1. The first-order valence-corrected chi connectivity index (χ1v) is 7.52. The van der Waals surface area contributed by atoms with Crippen LogP contribution < -0.4 is 5.32 Å². The zero-order valence-electron chi connectivity index (χ0n) is 12.0. The van der Waals surface area contributed by atoms with E-state index in [-0.39, 0.29) is 5.41 Å². The molecule has 0 bridgehead atoms. The molecule has 0 atom stereocenters. The van der Waals surface area contributed by atoms with Crippen LogP contribution in [0.1, 0.15) is 18.4 Å². The van der Waals surface area contributed by atoms with Crippen molar-refractivity contribution in [3.63, 3.8) is 0 Å². The number of benzene rings is 2. The fraction of sp³-hybridized carbons (Fsp3) is 0.444. The highest BCUT2D eigenvalue weighted by atomic mass is 16.5. The second-order valence-electron chi connectivity index (χ2n) is 6.41. The highest BCUT2D eigenvalue weighted by Gasteiger charge is 2.63. The van der Waals surface area contributed by atoms with Crippen LogP contribution in [0.25, 0.3) is 10.8 Å². The monoisotopic (exact) mass is 267 g/mol. The smallest absolute Gasteiger partial charge is 0.0591 e. The molecule has 0 unspecified atom stereocenters. The molecule has 0 amide bonds. The van der Waals surface area contributed by atoms with Crippen LogP contribution in [0.2, 0.25) is 0 Å². The van der Waals surface area contributed by atoms with Gasteiger partial charge in [-0.25, -0.2) is 0 Å². The zero-order valence-corrected chi connectivity index (χ0v) is 12.0. The molecule has 2 heteroatoms. The average Bonchev–Trinajstić information content (AvgIpc) is 3.19. The van der Waals surface area contributed by atoms with E-state index in [4.69, 9.17) is 4.74 Å². The lowest BCUT2D eigenvalue weighted by atomic mass is 9.65. The van der Waals surface area contributed by atoms with Crippen molar-refractivity contribution in [1.29, 1.82) is 0 Å². The Labute approximate surface area is 120 Å². The van der Waals surface area contributed by atoms with Crippen LogP contribution in [0.5, 0.6) is 0 Å². The molecular weight excluding hydrogens is 246 g/mol. The molecule has 0 radical (unpaired) electrons. The summed E-state index contributed by atoms with van der Waals surface area (Å²) in [7, 11) is 2.07. The molecule has 104 valence electrons. The standard InChI is InChI=1S/C18H21NO/c1-19-11-17(9-10-17)18(12-20-13-18)16-8-4-6-14-5-2-3-7-15(14)16/h2-8,19H,9-13H2,1H3. The van der Waals surface area contributed by atoms with Crippen molar-refractivity contribution >= 4 is 10.8 Å². The number of fused-ring (bicyclic) bond motifs is 1. The van der Waals surface area contributed by atoms with E-state index in [2.05, 4.69) is 54.8 Å². The maximum Gasteiger partial charge on any atom is 0.0591 e. The number of nitrogens with one attached hydrogen (secondary N) is 1. The van der Waals surface area contributed by atoms with E-state index < -0.39 is 0 Å². The first-order valence-electron chi connectivity index (χ1n) is 7.52. The van der Waals surface area contributed by atoms with Gasteiger partial charge in [-0.15, -0.1) is 0 Å². The van der Waals surface area contributed by atoms with Crippen LogP contribution >= 0.6 is 0 Å². The van der Waals surface area contributed by atoms with E-state index in [1.165, 1.54) is 29.2 Å². The van der Waals surface area contributed by atoms with Crippen molar-refractivity contribution in [3.05, 3.63) is 48.0 Å². The van der Waals surface area contributed by atoms with E-state index in [9.17, 15) is 0 Å². The molecule has 1 saturated carbocycles. The molecule has 1 aliphatic carbocycles. The lowest BCUT2D eigenvalue weighted by molar-refractivity contribution is -0.0978. The summed E-state index contributed by atoms with van der Waals surface area (Å²) in [5.41, 5.74) is 2.12. The Kier molecular flexibility index (Phi) is 2.66. The van der Waals surface area contributed by atoms with Crippen LogP contribution in [0, 0.1) is 5.41 Å². The quantitative estimate of drug-likeness (QED) is 0.919. The molecule has 2 fully saturated rings. The van der Waals surface area contributed by atoms with Crippen LogP contribution in [0.3, 0.4) is 0 Å². The lowest BCUT2D eigenvalue weighted by Gasteiger charge is -2.49. The Morgan fingerprint density at radius 2 is 1.80 bits per heavy atom. The molecule has 1 saturated heterocycles. The minimum atomic E-state index is 0.219. The van der Waals surface area contributed by atoms with Gasteiger partial charge in [-0.05, 0) is 41.6 Å². The molecule has 1 aliphatic heterocycles. The van der Waals surface area contributed by atoms with Crippen molar-refractivity contribution in [1.82, 2.24) is 5.32 Å². The van der Waals surface area contributed by atoms with Gasteiger partial charge in [-0.1, -0.05) is 42.5 Å². The molecule has 2 aliphatic rings. The van der Waals surface area contributed by atoms with Crippen molar-refractivity contribution < 1.29 is 4.74 Å². The summed E-state index contributed by atoms with van der Waals surface area (Å²) in [4.78, 5) is 0. The van der Waals surface area contributed by atoms with Crippen molar-refractivity contribution in [2.24, 2.45) is 5.41 Å². The molecule has 20 heavy (non-hydrogen) atoms. The minimum absolute atomic E-state index is 0.219. The van der Waals surface area contributed by atoms with E-state index in [1.807, 2.05) is 0 Å². The van der Waals surface area contributed by atoms with Gasteiger partial charge in [0.05, 0.1) is 13.2 Å². The summed E-state index contributed by atoms with van der Waals surface area (Å²) < 4.78 is 5.69. The topological polar surface area (TPSA) is 21.3 Å². The molecule has 0 spiro atoms. The fourth-order valence-corrected chi connectivity index (χ4v) is 4.01. The second kappa shape index (κ2) is 4.31. The zero-order chi connectivity index (χ0) is 13.6. The summed E-state index contributed by atoms with van der Waals surface area (Å²) in [6, 6.07) is 15.5. The van der Waals surface area contributed by atoms with Crippen LogP contribution in [0.4, 0.5) is 0 Å². The summed E-state index contributed by atoms with van der Waals surface area (Å²) in [5.74, 6) is 0.